The molecule has 0 fully saturated rings. The molecule has 0 radical (unpaired) electrons. The zero-order valence-electron chi connectivity index (χ0n) is 14.7. The molecule has 0 saturated heterocycles. The molecule has 0 aliphatic rings. The van der Waals surface area contributed by atoms with E-state index >= 15 is 0 Å². The summed E-state index contributed by atoms with van der Waals surface area (Å²) in [6, 6.07) is 12.6. The summed E-state index contributed by atoms with van der Waals surface area (Å²) in [5.41, 5.74) is 7.97. The fourth-order valence-electron chi connectivity index (χ4n) is 2.60. The highest BCUT2D eigenvalue weighted by atomic mass is 35.5. The molecular formula is C19H21ClN4O2. The van der Waals surface area contributed by atoms with Gasteiger partial charge in [-0.3, -0.25) is 5.10 Å². The molecule has 7 heteroatoms. The second-order valence-corrected chi connectivity index (χ2v) is 5.98. The summed E-state index contributed by atoms with van der Waals surface area (Å²) in [6.45, 7) is 4.96. The van der Waals surface area contributed by atoms with Crippen LogP contribution in [0.2, 0.25) is 5.02 Å². The molecule has 1 heterocycles. The second-order valence-electron chi connectivity index (χ2n) is 5.57. The Morgan fingerprint density at radius 2 is 1.81 bits per heavy atom. The third-order valence-electron chi connectivity index (χ3n) is 3.84. The maximum absolute atomic E-state index is 6.37. The molecule has 0 bridgehead atoms. The van der Waals surface area contributed by atoms with Crippen LogP contribution in [0.4, 0.5) is 0 Å². The smallest absolute Gasteiger partial charge is 0.182 e. The van der Waals surface area contributed by atoms with Gasteiger partial charge in [-0.15, -0.1) is 0 Å². The Kier molecular flexibility index (Phi) is 5.75. The molecule has 1 aromatic heterocycles. The molecule has 0 aliphatic carbocycles. The zero-order valence-corrected chi connectivity index (χ0v) is 15.5. The van der Waals surface area contributed by atoms with E-state index in [1.54, 1.807) is 6.07 Å². The van der Waals surface area contributed by atoms with E-state index in [4.69, 9.17) is 26.8 Å². The van der Waals surface area contributed by atoms with Crippen LogP contribution in [0.25, 0.3) is 11.4 Å². The van der Waals surface area contributed by atoms with E-state index in [9.17, 15) is 0 Å². The lowest BCUT2D eigenvalue weighted by atomic mass is 10.1. The van der Waals surface area contributed by atoms with Gasteiger partial charge in [0.05, 0.1) is 24.3 Å². The van der Waals surface area contributed by atoms with Gasteiger partial charge in [0.1, 0.15) is 5.82 Å². The lowest BCUT2D eigenvalue weighted by Gasteiger charge is -2.14. The van der Waals surface area contributed by atoms with Gasteiger partial charge >= 0.3 is 0 Å². The molecule has 0 aliphatic heterocycles. The third-order valence-corrected chi connectivity index (χ3v) is 4.17. The zero-order chi connectivity index (χ0) is 18.5. The van der Waals surface area contributed by atoms with Crippen molar-refractivity contribution < 1.29 is 9.47 Å². The predicted octanol–water partition coefficient (Wildman–Crippen LogP) is 3.97. The predicted molar refractivity (Wildman–Crippen MR) is 102 cm³/mol. The highest BCUT2D eigenvalue weighted by molar-refractivity contribution is 6.33. The van der Waals surface area contributed by atoms with E-state index in [0.29, 0.717) is 41.4 Å². The molecule has 3 aromatic rings. The van der Waals surface area contributed by atoms with Crippen LogP contribution in [0.5, 0.6) is 11.5 Å². The number of aromatic nitrogens is 3. The van der Waals surface area contributed by atoms with Crippen LogP contribution in [0.15, 0.2) is 42.5 Å². The summed E-state index contributed by atoms with van der Waals surface area (Å²) in [6.07, 6.45) is 0. The highest BCUT2D eigenvalue weighted by Crippen LogP contribution is 2.32. The number of nitrogens with zero attached hydrogens (tertiary/aromatic N) is 2. The Labute approximate surface area is 157 Å². The number of benzene rings is 2. The molecule has 3 rings (SSSR count). The fourth-order valence-corrected chi connectivity index (χ4v) is 2.82. The van der Waals surface area contributed by atoms with Crippen LogP contribution in [0.3, 0.4) is 0 Å². The normalized spacial score (nSPS) is 12.0. The van der Waals surface area contributed by atoms with Crippen molar-refractivity contribution in [3.8, 4) is 22.9 Å². The van der Waals surface area contributed by atoms with Gasteiger partial charge in [-0.1, -0.05) is 29.8 Å². The maximum atomic E-state index is 6.37. The molecule has 0 amide bonds. The topological polar surface area (TPSA) is 86.0 Å². The second kappa shape index (κ2) is 8.21. The van der Waals surface area contributed by atoms with Gasteiger partial charge in [0.25, 0.3) is 0 Å². The largest absolute Gasteiger partial charge is 0.490 e. The van der Waals surface area contributed by atoms with E-state index in [-0.39, 0.29) is 0 Å². The van der Waals surface area contributed by atoms with Crippen molar-refractivity contribution in [1.29, 1.82) is 0 Å². The molecule has 3 N–H and O–H groups in total. The van der Waals surface area contributed by atoms with Crippen molar-refractivity contribution in [1.82, 2.24) is 15.2 Å². The van der Waals surface area contributed by atoms with Crippen molar-refractivity contribution in [2.45, 2.75) is 19.9 Å². The number of rotatable bonds is 7. The minimum atomic E-state index is -0.478. The molecule has 136 valence electrons. The van der Waals surface area contributed by atoms with E-state index in [1.165, 1.54) is 0 Å². The number of halogens is 1. The van der Waals surface area contributed by atoms with E-state index in [2.05, 4.69) is 15.2 Å². The maximum Gasteiger partial charge on any atom is 0.182 e. The Morgan fingerprint density at radius 3 is 2.54 bits per heavy atom. The quantitative estimate of drug-likeness (QED) is 0.655. The Balaban J connectivity index is 1.89. The highest BCUT2D eigenvalue weighted by Gasteiger charge is 2.18. The first-order valence-electron chi connectivity index (χ1n) is 8.46. The van der Waals surface area contributed by atoms with Crippen molar-refractivity contribution in [3.63, 3.8) is 0 Å². The van der Waals surface area contributed by atoms with Crippen molar-refractivity contribution in [2.24, 2.45) is 5.73 Å². The number of hydrogen-bond acceptors (Lipinski definition) is 5. The van der Waals surface area contributed by atoms with Crippen molar-refractivity contribution in [3.05, 3.63) is 58.9 Å². The summed E-state index contributed by atoms with van der Waals surface area (Å²) in [5.74, 6) is 2.41. The Morgan fingerprint density at radius 1 is 1.08 bits per heavy atom. The molecule has 0 spiro atoms. The monoisotopic (exact) mass is 372 g/mol. The van der Waals surface area contributed by atoms with Crippen molar-refractivity contribution >= 4 is 11.6 Å². The van der Waals surface area contributed by atoms with Gasteiger partial charge in [-0.05, 0) is 43.7 Å². The minimum Gasteiger partial charge on any atom is -0.490 e. The van der Waals surface area contributed by atoms with Crippen LogP contribution in [-0.4, -0.2) is 28.4 Å². The van der Waals surface area contributed by atoms with Crippen LogP contribution in [0.1, 0.15) is 31.3 Å². The minimum absolute atomic E-state index is 0.478. The van der Waals surface area contributed by atoms with Crippen molar-refractivity contribution in [2.75, 3.05) is 13.2 Å². The Bertz CT molecular complexity index is 881. The average Bonchev–Trinajstić information content (AvgIpc) is 3.13. The Hall–Kier alpha value is -2.57. The molecule has 6 nitrogen and oxygen atoms in total. The van der Waals surface area contributed by atoms with E-state index in [0.717, 1.165) is 11.1 Å². The summed E-state index contributed by atoms with van der Waals surface area (Å²) in [4.78, 5) is 4.50. The number of aromatic amines is 1. The van der Waals surface area contributed by atoms with Crippen LogP contribution >= 0.6 is 11.6 Å². The average molecular weight is 373 g/mol. The first kappa shape index (κ1) is 18.2. The fraction of sp³-hybridized carbons (Fsp3) is 0.263. The molecular weight excluding hydrogens is 352 g/mol. The standard InChI is InChI=1S/C19H21ClN4O2/c1-3-25-15-10-9-12(11-16(15)26-4-2)17(21)19-22-18(23-24-19)13-7-5-6-8-14(13)20/h5-11,17H,3-4,21H2,1-2H3,(H,22,23,24)/t17-/m0/s1. The molecule has 1 atom stereocenters. The molecule has 2 aromatic carbocycles. The van der Waals surface area contributed by atoms with E-state index < -0.39 is 6.04 Å². The van der Waals surface area contributed by atoms with Crippen LogP contribution in [-0.2, 0) is 0 Å². The van der Waals surface area contributed by atoms with Crippen LogP contribution in [0, 0.1) is 0 Å². The first-order valence-corrected chi connectivity index (χ1v) is 8.84. The number of ether oxygens (including phenoxy) is 2. The SMILES string of the molecule is CCOc1ccc([C@H](N)c2nc(-c3ccccc3Cl)n[nH]2)cc1OCC. The van der Waals surface area contributed by atoms with Gasteiger partial charge in [-0.25, -0.2) is 4.98 Å². The van der Waals surface area contributed by atoms with Gasteiger partial charge in [0.15, 0.2) is 17.3 Å². The lowest BCUT2D eigenvalue weighted by molar-refractivity contribution is 0.287. The van der Waals surface area contributed by atoms with Gasteiger partial charge in [-0.2, -0.15) is 5.10 Å². The molecule has 0 unspecified atom stereocenters. The number of nitrogens with one attached hydrogen (secondary N) is 1. The summed E-state index contributed by atoms with van der Waals surface area (Å²) in [7, 11) is 0. The number of nitrogens with two attached hydrogens (primary N) is 1. The van der Waals surface area contributed by atoms with E-state index in [1.807, 2.05) is 50.2 Å². The molecule has 26 heavy (non-hydrogen) atoms. The van der Waals surface area contributed by atoms with Gasteiger partial charge in [0.2, 0.25) is 0 Å². The van der Waals surface area contributed by atoms with Crippen LogP contribution < -0.4 is 15.2 Å². The molecule has 0 saturated carbocycles. The van der Waals surface area contributed by atoms with Gasteiger partial charge < -0.3 is 15.2 Å². The summed E-state index contributed by atoms with van der Waals surface area (Å²) in [5, 5.41) is 7.74. The number of hydrogen-bond donors (Lipinski definition) is 2. The number of H-pyrrole nitrogens is 1. The summed E-state index contributed by atoms with van der Waals surface area (Å²) >= 11 is 6.21. The summed E-state index contributed by atoms with van der Waals surface area (Å²) < 4.78 is 11.3. The third kappa shape index (κ3) is 3.81. The lowest BCUT2D eigenvalue weighted by Crippen LogP contribution is -2.14. The first-order chi connectivity index (χ1) is 12.6. The van der Waals surface area contributed by atoms with Gasteiger partial charge in [0, 0.05) is 5.56 Å².